The second-order valence-corrected chi connectivity index (χ2v) is 5.87. The van der Waals surface area contributed by atoms with Crippen LogP contribution in [0.15, 0.2) is 53.6 Å². The summed E-state index contributed by atoms with van der Waals surface area (Å²) in [4.78, 5) is 36.3. The summed E-state index contributed by atoms with van der Waals surface area (Å²) in [6.07, 6.45) is 2.86. The summed E-state index contributed by atoms with van der Waals surface area (Å²) in [5.74, 6) is 0.0636. The molecule has 0 fully saturated rings. The van der Waals surface area contributed by atoms with Gasteiger partial charge in [-0.2, -0.15) is 0 Å². The smallest absolute Gasteiger partial charge is 0.270 e. The third-order valence-corrected chi connectivity index (χ3v) is 4.00. The Balaban J connectivity index is 1.57. The number of carbonyl (C=O) groups is 1. The fourth-order valence-corrected chi connectivity index (χ4v) is 2.73. The lowest BCUT2D eigenvalue weighted by molar-refractivity contribution is 0.0948. The van der Waals surface area contributed by atoms with Gasteiger partial charge in [-0.1, -0.05) is 17.7 Å². The van der Waals surface area contributed by atoms with Crippen molar-refractivity contribution >= 4 is 34.2 Å². The minimum atomic E-state index is -0.505. The van der Waals surface area contributed by atoms with E-state index in [4.69, 9.17) is 11.6 Å². The van der Waals surface area contributed by atoms with E-state index in [0.29, 0.717) is 16.5 Å². The van der Waals surface area contributed by atoms with Crippen molar-refractivity contribution in [1.82, 2.24) is 24.7 Å². The van der Waals surface area contributed by atoms with Crippen molar-refractivity contribution in [2.24, 2.45) is 0 Å². The largest absolute Gasteiger partial charge is 0.345 e. The number of aromatic amines is 1. The van der Waals surface area contributed by atoms with Crippen LogP contribution in [0.5, 0.6) is 0 Å². The Morgan fingerprint density at radius 1 is 1.28 bits per heavy atom. The molecule has 25 heavy (non-hydrogen) atoms. The van der Waals surface area contributed by atoms with E-state index >= 15 is 0 Å². The lowest BCUT2D eigenvalue weighted by Crippen LogP contribution is -2.31. The van der Waals surface area contributed by atoms with Crippen LogP contribution in [-0.4, -0.2) is 25.3 Å². The first-order valence-corrected chi connectivity index (χ1v) is 7.88. The summed E-state index contributed by atoms with van der Waals surface area (Å²) in [7, 11) is 0. The monoisotopic (exact) mass is 353 g/mol. The molecule has 7 nitrogen and oxygen atoms in total. The summed E-state index contributed by atoms with van der Waals surface area (Å²) >= 11 is 5.94. The van der Waals surface area contributed by atoms with Crippen LogP contribution in [0.25, 0.3) is 16.7 Å². The molecular weight excluding hydrogens is 342 g/mol. The van der Waals surface area contributed by atoms with Crippen molar-refractivity contribution in [2.45, 2.75) is 6.54 Å². The Labute approximate surface area is 146 Å². The number of pyridine rings is 1. The Kier molecular flexibility index (Phi) is 3.70. The molecule has 0 saturated heterocycles. The molecule has 4 rings (SSSR count). The molecule has 3 aromatic heterocycles. The summed E-state index contributed by atoms with van der Waals surface area (Å²) < 4.78 is 1.33. The fourth-order valence-electron chi connectivity index (χ4n) is 2.56. The van der Waals surface area contributed by atoms with Crippen LogP contribution in [0.1, 0.15) is 16.2 Å². The number of nitrogens with zero attached hydrogens (tertiary/aromatic N) is 3. The van der Waals surface area contributed by atoms with Crippen molar-refractivity contribution in [3.63, 3.8) is 0 Å². The molecule has 0 bridgehead atoms. The molecule has 0 aliphatic heterocycles. The lowest BCUT2D eigenvalue weighted by atomic mass is 10.3. The van der Waals surface area contributed by atoms with E-state index in [1.807, 2.05) is 0 Å². The van der Waals surface area contributed by atoms with Gasteiger partial charge in [-0.25, -0.2) is 9.97 Å². The number of benzene rings is 1. The zero-order valence-electron chi connectivity index (χ0n) is 12.9. The number of rotatable bonds is 3. The molecule has 1 aromatic carbocycles. The zero-order chi connectivity index (χ0) is 17.4. The maximum Gasteiger partial charge on any atom is 0.270 e. The van der Waals surface area contributed by atoms with E-state index in [2.05, 4.69) is 20.3 Å². The zero-order valence-corrected chi connectivity index (χ0v) is 13.6. The average Bonchev–Trinajstić information content (AvgIpc) is 3.02. The van der Waals surface area contributed by atoms with E-state index in [1.165, 1.54) is 10.6 Å². The van der Waals surface area contributed by atoms with Gasteiger partial charge < -0.3 is 10.3 Å². The molecule has 3 heterocycles. The first-order valence-electron chi connectivity index (χ1n) is 7.50. The van der Waals surface area contributed by atoms with Crippen molar-refractivity contribution in [3.8, 4) is 0 Å². The van der Waals surface area contributed by atoms with Crippen LogP contribution < -0.4 is 10.9 Å². The Morgan fingerprint density at radius 2 is 2.16 bits per heavy atom. The normalized spacial score (nSPS) is 11.1. The summed E-state index contributed by atoms with van der Waals surface area (Å²) in [5.41, 5.74) is 1.57. The molecule has 0 spiro atoms. The van der Waals surface area contributed by atoms with Crippen LogP contribution in [0.2, 0.25) is 5.02 Å². The maximum atomic E-state index is 12.4. The van der Waals surface area contributed by atoms with Crippen molar-refractivity contribution in [1.29, 1.82) is 0 Å². The van der Waals surface area contributed by atoms with E-state index < -0.39 is 11.5 Å². The van der Waals surface area contributed by atoms with Gasteiger partial charge in [0.1, 0.15) is 17.0 Å². The number of aromatic nitrogens is 4. The molecule has 0 aliphatic carbocycles. The molecule has 0 radical (unpaired) electrons. The summed E-state index contributed by atoms with van der Waals surface area (Å²) in [6, 6.07) is 10.5. The van der Waals surface area contributed by atoms with Gasteiger partial charge in [-0.3, -0.25) is 14.0 Å². The molecule has 4 aromatic rings. The highest BCUT2D eigenvalue weighted by Gasteiger charge is 2.13. The molecule has 0 atom stereocenters. The van der Waals surface area contributed by atoms with Crippen LogP contribution in [-0.2, 0) is 6.54 Å². The minimum absolute atomic E-state index is 0.0251. The van der Waals surface area contributed by atoms with Crippen molar-refractivity contribution in [3.05, 3.63) is 75.6 Å². The van der Waals surface area contributed by atoms with Gasteiger partial charge in [-0.15, -0.1) is 0 Å². The predicted molar refractivity (Wildman–Crippen MR) is 93.7 cm³/mol. The standard InChI is InChI=1S/C17H12ClN5O2/c18-10-4-5-12-13(7-10)22-14(21-12)9-20-16(24)11-8-19-15-3-1-2-6-23(15)17(11)25/h1-8H,9H2,(H,20,24)(H,21,22). The number of hydrogen-bond donors (Lipinski definition) is 2. The number of H-pyrrole nitrogens is 1. The highest BCUT2D eigenvalue weighted by Crippen LogP contribution is 2.17. The van der Waals surface area contributed by atoms with Gasteiger partial charge in [-0.05, 0) is 30.3 Å². The molecule has 1 amide bonds. The number of amides is 1. The van der Waals surface area contributed by atoms with Gasteiger partial charge >= 0.3 is 0 Å². The van der Waals surface area contributed by atoms with Gasteiger partial charge in [0, 0.05) is 17.4 Å². The summed E-state index contributed by atoms with van der Waals surface area (Å²) in [6.45, 7) is 0.155. The molecule has 124 valence electrons. The highest BCUT2D eigenvalue weighted by atomic mass is 35.5. The number of carbonyl (C=O) groups excluding carboxylic acids is 1. The predicted octanol–water partition coefficient (Wildman–Crippen LogP) is 2.15. The van der Waals surface area contributed by atoms with Crippen molar-refractivity contribution < 1.29 is 4.79 Å². The van der Waals surface area contributed by atoms with Crippen molar-refractivity contribution in [2.75, 3.05) is 0 Å². The molecule has 2 N–H and O–H groups in total. The minimum Gasteiger partial charge on any atom is -0.345 e. The second-order valence-electron chi connectivity index (χ2n) is 5.43. The average molecular weight is 354 g/mol. The van der Waals surface area contributed by atoms with Gasteiger partial charge in [0.2, 0.25) is 0 Å². The molecule has 0 aliphatic rings. The second kappa shape index (κ2) is 6.03. The first kappa shape index (κ1) is 15.3. The first-order chi connectivity index (χ1) is 12.1. The molecule has 0 unspecified atom stereocenters. The van der Waals surface area contributed by atoms with E-state index in [0.717, 1.165) is 11.0 Å². The third-order valence-electron chi connectivity index (χ3n) is 3.77. The topological polar surface area (TPSA) is 92.2 Å². The summed E-state index contributed by atoms with van der Waals surface area (Å²) in [5, 5.41) is 3.28. The molecule has 8 heteroatoms. The van der Waals surface area contributed by atoms with Crippen LogP contribution in [0.4, 0.5) is 0 Å². The SMILES string of the molecule is O=C(NCc1nc2ccc(Cl)cc2[nH]1)c1cnc2ccccn2c1=O. The third kappa shape index (κ3) is 2.85. The fraction of sp³-hybridized carbons (Fsp3) is 0.0588. The maximum absolute atomic E-state index is 12.4. The van der Waals surface area contributed by atoms with E-state index in [-0.39, 0.29) is 12.1 Å². The van der Waals surface area contributed by atoms with E-state index in [9.17, 15) is 9.59 Å². The number of halogens is 1. The van der Waals surface area contributed by atoms with Gasteiger partial charge in [0.05, 0.1) is 17.6 Å². The highest BCUT2D eigenvalue weighted by molar-refractivity contribution is 6.31. The van der Waals surface area contributed by atoms with E-state index in [1.54, 1.807) is 42.6 Å². The lowest BCUT2D eigenvalue weighted by Gasteiger charge is -2.04. The van der Waals surface area contributed by atoms with Gasteiger partial charge in [0.25, 0.3) is 11.5 Å². The Bertz CT molecular complexity index is 1160. The quantitative estimate of drug-likeness (QED) is 0.590. The van der Waals surface area contributed by atoms with Crippen LogP contribution >= 0.6 is 11.6 Å². The number of nitrogens with one attached hydrogen (secondary N) is 2. The number of imidazole rings is 1. The molecular formula is C17H12ClN5O2. The van der Waals surface area contributed by atoms with Crippen LogP contribution in [0, 0.1) is 0 Å². The Morgan fingerprint density at radius 3 is 3.04 bits per heavy atom. The number of hydrogen-bond acceptors (Lipinski definition) is 4. The molecule has 0 saturated carbocycles. The van der Waals surface area contributed by atoms with Gasteiger partial charge in [0.15, 0.2) is 0 Å². The van der Waals surface area contributed by atoms with Crippen LogP contribution in [0.3, 0.4) is 0 Å². The number of fused-ring (bicyclic) bond motifs is 2. The Hall–Kier alpha value is -3.19.